The predicted molar refractivity (Wildman–Crippen MR) is 119 cm³/mol. The first-order valence-corrected chi connectivity index (χ1v) is 11.1. The van der Waals surface area contributed by atoms with Crippen LogP contribution in [0.4, 0.5) is 17.6 Å². The van der Waals surface area contributed by atoms with E-state index < -0.39 is 0 Å². The van der Waals surface area contributed by atoms with Crippen LogP contribution < -0.4 is 16.0 Å². The lowest BCUT2D eigenvalue weighted by molar-refractivity contribution is -0.117. The van der Waals surface area contributed by atoms with Crippen molar-refractivity contribution in [2.75, 3.05) is 36.4 Å². The van der Waals surface area contributed by atoms with E-state index in [4.69, 9.17) is 10.7 Å². The number of fused-ring (bicyclic) bond motifs is 1. The van der Waals surface area contributed by atoms with Crippen LogP contribution in [-0.4, -0.2) is 68.3 Å². The van der Waals surface area contributed by atoms with E-state index in [0.29, 0.717) is 5.92 Å². The van der Waals surface area contributed by atoms with Gasteiger partial charge in [-0.25, -0.2) is 4.52 Å². The topological polar surface area (TPSA) is 120 Å². The Morgan fingerprint density at radius 3 is 2.71 bits per heavy atom. The molecule has 3 fully saturated rings. The second kappa shape index (κ2) is 8.54. The Morgan fingerprint density at radius 1 is 1.19 bits per heavy atom. The third-order valence-corrected chi connectivity index (χ3v) is 6.04. The SMILES string of the molecule is N[C@H]1CCN(C=O)C1.c1cc2c(Nc3cc(C4CC4)[nH]n3)nc(N3CCCC3)nn2c1. The van der Waals surface area contributed by atoms with E-state index >= 15 is 0 Å². The van der Waals surface area contributed by atoms with E-state index in [9.17, 15) is 4.79 Å². The first-order chi connectivity index (χ1) is 15.2. The number of carbonyl (C=O) groups excluding carboxylic acids is 1. The molecule has 0 spiro atoms. The number of H-pyrrole nitrogens is 1. The molecule has 3 aliphatic rings. The molecule has 1 aliphatic carbocycles. The number of anilines is 3. The fourth-order valence-corrected chi connectivity index (χ4v) is 4.10. The number of hydrogen-bond acceptors (Lipinski definition) is 7. The van der Waals surface area contributed by atoms with E-state index in [0.717, 1.165) is 62.1 Å². The van der Waals surface area contributed by atoms with Gasteiger partial charge in [0.15, 0.2) is 11.6 Å². The Hall–Kier alpha value is -3.14. The summed E-state index contributed by atoms with van der Waals surface area (Å²) < 4.78 is 1.89. The molecular weight excluding hydrogens is 394 g/mol. The van der Waals surface area contributed by atoms with Gasteiger partial charge in [0.05, 0.1) is 0 Å². The third kappa shape index (κ3) is 4.48. The largest absolute Gasteiger partial charge is 0.344 e. The van der Waals surface area contributed by atoms with Gasteiger partial charge in [0.1, 0.15) is 5.52 Å². The summed E-state index contributed by atoms with van der Waals surface area (Å²) in [7, 11) is 0. The van der Waals surface area contributed by atoms with E-state index in [2.05, 4.69) is 31.6 Å². The summed E-state index contributed by atoms with van der Waals surface area (Å²) >= 11 is 0. The summed E-state index contributed by atoms with van der Waals surface area (Å²) in [4.78, 5) is 18.7. The fourth-order valence-electron chi connectivity index (χ4n) is 4.10. The van der Waals surface area contributed by atoms with Crippen LogP contribution in [-0.2, 0) is 4.79 Å². The summed E-state index contributed by atoms with van der Waals surface area (Å²) in [5.41, 5.74) is 7.68. The number of nitrogens with two attached hydrogens (primary N) is 1. The lowest BCUT2D eigenvalue weighted by Gasteiger charge is -2.16. The van der Waals surface area contributed by atoms with Gasteiger partial charge < -0.3 is 20.9 Å². The molecule has 4 N–H and O–H groups in total. The Morgan fingerprint density at radius 2 is 2.03 bits per heavy atom. The quantitative estimate of drug-likeness (QED) is 0.536. The van der Waals surface area contributed by atoms with Gasteiger partial charge in [-0.3, -0.25) is 9.89 Å². The summed E-state index contributed by atoms with van der Waals surface area (Å²) in [5.74, 6) is 3.07. The first kappa shape index (κ1) is 19.8. The van der Waals surface area contributed by atoms with Crippen molar-refractivity contribution in [3.63, 3.8) is 0 Å². The Labute approximate surface area is 180 Å². The van der Waals surface area contributed by atoms with E-state index in [1.807, 2.05) is 22.8 Å². The predicted octanol–water partition coefficient (Wildman–Crippen LogP) is 1.85. The molecule has 2 aliphatic heterocycles. The number of rotatable bonds is 5. The van der Waals surface area contributed by atoms with Gasteiger partial charge in [-0.05, 0) is 44.2 Å². The normalized spacial score (nSPS) is 20.7. The number of nitrogens with one attached hydrogen (secondary N) is 2. The molecule has 5 heterocycles. The molecule has 3 aromatic rings. The molecule has 3 aromatic heterocycles. The van der Waals surface area contributed by atoms with Crippen molar-refractivity contribution in [1.82, 2.24) is 29.7 Å². The van der Waals surface area contributed by atoms with Crippen LogP contribution in [0.3, 0.4) is 0 Å². The molecule has 164 valence electrons. The second-order valence-electron chi connectivity index (χ2n) is 8.55. The Bertz CT molecular complexity index is 1030. The molecular formula is C21H29N9O. The highest BCUT2D eigenvalue weighted by Crippen LogP contribution is 2.39. The summed E-state index contributed by atoms with van der Waals surface area (Å²) in [6.07, 6.45) is 8.71. The third-order valence-electron chi connectivity index (χ3n) is 6.04. The maximum Gasteiger partial charge on any atom is 0.245 e. The Balaban J connectivity index is 0.000000217. The van der Waals surface area contributed by atoms with Gasteiger partial charge in [-0.2, -0.15) is 10.1 Å². The number of aromatic amines is 1. The van der Waals surface area contributed by atoms with Gasteiger partial charge in [0.2, 0.25) is 12.4 Å². The van der Waals surface area contributed by atoms with Gasteiger partial charge in [0, 0.05) is 56.1 Å². The number of hydrogen-bond donors (Lipinski definition) is 3. The maximum absolute atomic E-state index is 10.0. The van der Waals surface area contributed by atoms with E-state index in [1.165, 1.54) is 31.4 Å². The number of likely N-dealkylation sites (tertiary alicyclic amines) is 1. The lowest BCUT2D eigenvalue weighted by Crippen LogP contribution is -2.25. The molecule has 0 radical (unpaired) electrons. The zero-order valence-corrected chi connectivity index (χ0v) is 17.6. The second-order valence-corrected chi connectivity index (χ2v) is 8.55. The number of amides is 1. The molecule has 10 heteroatoms. The smallest absolute Gasteiger partial charge is 0.245 e. The zero-order chi connectivity index (χ0) is 21.2. The Kier molecular flexibility index (Phi) is 5.46. The molecule has 1 atom stereocenters. The monoisotopic (exact) mass is 423 g/mol. The summed E-state index contributed by atoms with van der Waals surface area (Å²) in [5, 5.41) is 15.5. The fraction of sp³-hybridized carbons (Fsp3) is 0.524. The highest BCUT2D eigenvalue weighted by molar-refractivity contribution is 5.73. The van der Waals surface area contributed by atoms with Crippen LogP contribution in [0.5, 0.6) is 0 Å². The number of nitrogens with zero attached hydrogens (tertiary/aromatic N) is 6. The average molecular weight is 424 g/mol. The van der Waals surface area contributed by atoms with Gasteiger partial charge in [0.25, 0.3) is 0 Å². The first-order valence-electron chi connectivity index (χ1n) is 11.1. The highest BCUT2D eigenvalue weighted by atomic mass is 16.1. The van der Waals surface area contributed by atoms with Crippen LogP contribution in [0.15, 0.2) is 24.4 Å². The van der Waals surface area contributed by atoms with E-state index in [-0.39, 0.29) is 6.04 Å². The molecule has 1 saturated carbocycles. The zero-order valence-electron chi connectivity index (χ0n) is 17.6. The number of aromatic nitrogens is 5. The summed E-state index contributed by atoms with van der Waals surface area (Å²) in [6.45, 7) is 3.63. The highest BCUT2D eigenvalue weighted by Gasteiger charge is 2.26. The van der Waals surface area contributed by atoms with Crippen LogP contribution in [0.2, 0.25) is 0 Å². The standard InChI is InChI=1S/C16H19N7.C5H10N2O/c1-2-8-22(7-1)16-18-15(13-4-3-9-23(13)21-16)17-14-10-12(19-20-14)11-5-6-11;6-5-1-2-7(3-5)4-8/h3-4,9-11H,1-2,5-8H2,(H2,17,18,19,20,21);4-5H,1-3,6H2/t;5-/m.0/s1. The molecule has 6 rings (SSSR count). The molecule has 0 aromatic carbocycles. The molecule has 1 amide bonds. The minimum absolute atomic E-state index is 0.222. The van der Waals surface area contributed by atoms with Gasteiger partial charge in [-0.15, -0.1) is 5.10 Å². The van der Waals surface area contributed by atoms with Crippen molar-refractivity contribution < 1.29 is 4.79 Å². The molecule has 0 bridgehead atoms. The van der Waals surface area contributed by atoms with Crippen molar-refractivity contribution in [3.8, 4) is 0 Å². The van der Waals surface area contributed by atoms with Crippen LogP contribution in [0.25, 0.3) is 5.52 Å². The van der Waals surface area contributed by atoms with Crippen LogP contribution in [0, 0.1) is 0 Å². The maximum atomic E-state index is 10.0. The van der Waals surface area contributed by atoms with Crippen molar-refractivity contribution in [2.24, 2.45) is 5.73 Å². The molecule has 31 heavy (non-hydrogen) atoms. The van der Waals surface area contributed by atoms with E-state index in [1.54, 1.807) is 4.90 Å². The summed E-state index contributed by atoms with van der Waals surface area (Å²) in [6, 6.07) is 6.32. The molecule has 10 nitrogen and oxygen atoms in total. The molecule has 0 unspecified atom stereocenters. The van der Waals surface area contributed by atoms with Crippen LogP contribution in [0.1, 0.15) is 43.7 Å². The van der Waals surface area contributed by atoms with Crippen molar-refractivity contribution in [3.05, 3.63) is 30.1 Å². The van der Waals surface area contributed by atoms with Crippen molar-refractivity contribution in [1.29, 1.82) is 0 Å². The van der Waals surface area contributed by atoms with Gasteiger partial charge in [-0.1, -0.05) is 0 Å². The molecule has 2 saturated heterocycles. The van der Waals surface area contributed by atoms with Crippen molar-refractivity contribution >= 4 is 29.5 Å². The van der Waals surface area contributed by atoms with Crippen molar-refractivity contribution in [2.45, 2.75) is 44.1 Å². The van der Waals surface area contributed by atoms with Gasteiger partial charge >= 0.3 is 0 Å². The van der Waals surface area contributed by atoms with Crippen LogP contribution >= 0.6 is 0 Å². The minimum atomic E-state index is 0.222. The number of carbonyl (C=O) groups is 1. The lowest BCUT2D eigenvalue weighted by atomic mass is 10.3. The minimum Gasteiger partial charge on any atom is -0.344 e. The average Bonchev–Trinajstić information content (AvgIpc) is 3.27.